The highest BCUT2D eigenvalue weighted by atomic mass is 16.5. The third-order valence-corrected chi connectivity index (χ3v) is 7.43. The second-order valence-corrected chi connectivity index (χ2v) is 9.59. The van der Waals surface area contributed by atoms with E-state index in [9.17, 15) is 9.59 Å². The van der Waals surface area contributed by atoms with Crippen LogP contribution in [0.2, 0.25) is 0 Å². The first-order valence-corrected chi connectivity index (χ1v) is 12.7. The third kappa shape index (κ3) is 5.64. The Morgan fingerprint density at radius 2 is 1.53 bits per heavy atom. The highest BCUT2D eigenvalue weighted by molar-refractivity contribution is 5.94. The minimum atomic E-state index is 0.124. The molecule has 0 atom stereocenters. The minimum absolute atomic E-state index is 0.124. The molecule has 3 aliphatic rings. The molecule has 1 aromatic rings. The van der Waals surface area contributed by atoms with E-state index in [0.717, 1.165) is 95.7 Å². The number of carbonyl (C=O) groups is 2. The van der Waals surface area contributed by atoms with Gasteiger partial charge in [0.15, 0.2) is 0 Å². The molecule has 0 unspecified atom stereocenters. The van der Waals surface area contributed by atoms with Crippen molar-refractivity contribution in [2.24, 2.45) is 5.92 Å². The Morgan fingerprint density at radius 1 is 0.875 bits per heavy atom. The number of amides is 2. The number of rotatable bonds is 7. The van der Waals surface area contributed by atoms with E-state index in [4.69, 9.17) is 4.74 Å². The first kappa shape index (κ1) is 23.1. The van der Waals surface area contributed by atoms with Crippen molar-refractivity contribution in [1.82, 2.24) is 14.7 Å². The Hall–Kier alpha value is -2.08. The Bertz CT molecular complexity index is 744. The van der Waals surface area contributed by atoms with Crippen LogP contribution in [0.15, 0.2) is 24.3 Å². The van der Waals surface area contributed by atoms with E-state index in [2.05, 4.69) is 16.7 Å². The van der Waals surface area contributed by atoms with E-state index in [1.807, 2.05) is 29.2 Å². The van der Waals surface area contributed by atoms with Crippen LogP contribution in [-0.4, -0.2) is 78.4 Å². The number of benzene rings is 1. The second kappa shape index (κ2) is 11.2. The van der Waals surface area contributed by atoms with Crippen LogP contribution in [0.5, 0.6) is 5.75 Å². The van der Waals surface area contributed by atoms with Gasteiger partial charge in [0.25, 0.3) is 5.91 Å². The summed E-state index contributed by atoms with van der Waals surface area (Å²) in [6, 6.07) is 8.12. The molecule has 3 heterocycles. The first-order chi connectivity index (χ1) is 15.7. The molecule has 3 aliphatic heterocycles. The molecule has 32 heavy (non-hydrogen) atoms. The smallest absolute Gasteiger partial charge is 0.253 e. The van der Waals surface area contributed by atoms with Crippen molar-refractivity contribution in [2.75, 3.05) is 45.9 Å². The van der Waals surface area contributed by atoms with Crippen LogP contribution in [0.3, 0.4) is 0 Å². The molecule has 0 bridgehead atoms. The molecule has 3 fully saturated rings. The topological polar surface area (TPSA) is 53.1 Å². The number of hydrogen-bond donors (Lipinski definition) is 0. The van der Waals surface area contributed by atoms with Crippen molar-refractivity contribution in [3.63, 3.8) is 0 Å². The van der Waals surface area contributed by atoms with Crippen molar-refractivity contribution in [3.05, 3.63) is 29.8 Å². The quantitative estimate of drug-likeness (QED) is 0.604. The molecular weight excluding hydrogens is 402 g/mol. The Labute approximate surface area is 192 Å². The minimum Gasteiger partial charge on any atom is -0.494 e. The van der Waals surface area contributed by atoms with Crippen LogP contribution in [0.1, 0.15) is 68.6 Å². The zero-order valence-electron chi connectivity index (χ0n) is 19.6. The number of carbonyl (C=O) groups excluding carboxylic acids is 2. The van der Waals surface area contributed by atoms with Gasteiger partial charge >= 0.3 is 0 Å². The lowest BCUT2D eigenvalue weighted by atomic mass is 9.92. The van der Waals surface area contributed by atoms with Gasteiger partial charge in [0.05, 0.1) is 6.61 Å². The molecule has 0 spiro atoms. The van der Waals surface area contributed by atoms with Crippen LogP contribution in [-0.2, 0) is 4.79 Å². The predicted molar refractivity (Wildman–Crippen MR) is 126 cm³/mol. The molecule has 0 aromatic heterocycles. The van der Waals surface area contributed by atoms with E-state index in [1.165, 1.54) is 12.8 Å². The molecule has 6 heteroatoms. The maximum absolute atomic E-state index is 12.9. The first-order valence-electron chi connectivity index (χ1n) is 12.7. The zero-order chi connectivity index (χ0) is 22.3. The molecule has 1 aromatic carbocycles. The van der Waals surface area contributed by atoms with Crippen molar-refractivity contribution < 1.29 is 14.3 Å². The molecule has 176 valence electrons. The average Bonchev–Trinajstić information content (AvgIpc) is 3.39. The summed E-state index contributed by atoms with van der Waals surface area (Å²) < 4.78 is 5.70. The number of hydrogen-bond acceptors (Lipinski definition) is 4. The summed E-state index contributed by atoms with van der Waals surface area (Å²) >= 11 is 0. The molecule has 0 radical (unpaired) electrons. The normalized spacial score (nSPS) is 21.2. The van der Waals surface area contributed by atoms with Crippen LogP contribution in [0.25, 0.3) is 0 Å². The zero-order valence-corrected chi connectivity index (χ0v) is 19.6. The van der Waals surface area contributed by atoms with Crippen molar-refractivity contribution in [2.45, 2.75) is 64.3 Å². The van der Waals surface area contributed by atoms with Crippen molar-refractivity contribution >= 4 is 11.8 Å². The van der Waals surface area contributed by atoms with E-state index >= 15 is 0 Å². The Morgan fingerprint density at radius 3 is 2.16 bits per heavy atom. The monoisotopic (exact) mass is 441 g/mol. The fraction of sp³-hybridized carbons (Fsp3) is 0.692. The van der Waals surface area contributed by atoms with Crippen LogP contribution < -0.4 is 4.74 Å². The Kier molecular flexibility index (Phi) is 8.06. The summed E-state index contributed by atoms with van der Waals surface area (Å²) in [5.41, 5.74) is 0.743. The van der Waals surface area contributed by atoms with Gasteiger partial charge in [-0.3, -0.25) is 9.59 Å². The maximum atomic E-state index is 12.9. The maximum Gasteiger partial charge on any atom is 0.253 e. The molecule has 0 N–H and O–H groups in total. The van der Waals surface area contributed by atoms with Crippen LogP contribution in [0.4, 0.5) is 0 Å². The van der Waals surface area contributed by atoms with Crippen LogP contribution >= 0.6 is 0 Å². The highest BCUT2D eigenvalue weighted by Gasteiger charge is 2.33. The molecule has 2 amide bonds. The SMILES string of the molecule is CCCCOc1ccc(C(=O)N2CCC(N3CCC(C(=O)N4CCCC4)CC3)CC2)cc1. The lowest BCUT2D eigenvalue weighted by Gasteiger charge is -2.42. The molecule has 0 saturated carbocycles. The lowest BCUT2D eigenvalue weighted by Crippen LogP contribution is -2.50. The highest BCUT2D eigenvalue weighted by Crippen LogP contribution is 2.27. The van der Waals surface area contributed by atoms with Gasteiger partial charge in [0.1, 0.15) is 5.75 Å². The molecule has 6 nitrogen and oxygen atoms in total. The van der Waals surface area contributed by atoms with Crippen molar-refractivity contribution in [3.8, 4) is 5.75 Å². The summed E-state index contributed by atoms with van der Waals surface area (Å²) in [5.74, 6) is 1.57. The number of unbranched alkanes of at least 4 members (excludes halogenated alkanes) is 1. The van der Waals surface area contributed by atoms with Gasteiger partial charge in [-0.25, -0.2) is 0 Å². The van der Waals surface area contributed by atoms with E-state index in [1.54, 1.807) is 0 Å². The number of ether oxygens (including phenoxy) is 1. The van der Waals surface area contributed by atoms with E-state index in [0.29, 0.717) is 11.9 Å². The summed E-state index contributed by atoms with van der Waals surface area (Å²) in [4.78, 5) is 32.2. The summed E-state index contributed by atoms with van der Waals surface area (Å²) in [6.45, 7) is 8.44. The largest absolute Gasteiger partial charge is 0.494 e. The fourth-order valence-electron chi connectivity index (χ4n) is 5.35. The summed E-state index contributed by atoms with van der Waals surface area (Å²) in [5, 5.41) is 0. The number of piperidine rings is 2. The van der Waals surface area contributed by atoms with Gasteiger partial charge in [-0.15, -0.1) is 0 Å². The van der Waals surface area contributed by atoms with Gasteiger partial charge in [0, 0.05) is 43.7 Å². The standard InChI is InChI=1S/C26H39N3O3/c1-2-3-20-32-24-8-6-21(7-9-24)25(30)29-18-12-23(13-19-29)27-16-10-22(11-17-27)26(31)28-14-4-5-15-28/h6-9,22-23H,2-5,10-20H2,1H3. The average molecular weight is 442 g/mol. The van der Waals surface area contributed by atoms with Gasteiger partial charge in [-0.05, 0) is 82.3 Å². The van der Waals surface area contributed by atoms with Gasteiger partial charge in [-0.2, -0.15) is 0 Å². The second-order valence-electron chi connectivity index (χ2n) is 9.59. The van der Waals surface area contributed by atoms with E-state index < -0.39 is 0 Å². The van der Waals surface area contributed by atoms with Gasteiger partial charge in [-0.1, -0.05) is 13.3 Å². The van der Waals surface area contributed by atoms with Crippen LogP contribution in [0, 0.1) is 5.92 Å². The summed E-state index contributed by atoms with van der Waals surface area (Å²) in [6.07, 6.45) is 8.51. The molecule has 3 saturated heterocycles. The molecule has 4 rings (SSSR count). The number of nitrogens with zero attached hydrogens (tertiary/aromatic N) is 3. The lowest BCUT2D eigenvalue weighted by molar-refractivity contribution is -0.136. The Balaban J connectivity index is 1.20. The summed E-state index contributed by atoms with van der Waals surface area (Å²) in [7, 11) is 0. The van der Waals surface area contributed by atoms with Gasteiger partial charge in [0.2, 0.25) is 5.91 Å². The molecular formula is C26H39N3O3. The molecule has 0 aliphatic carbocycles. The number of likely N-dealkylation sites (tertiary alicyclic amines) is 3. The third-order valence-electron chi connectivity index (χ3n) is 7.43. The van der Waals surface area contributed by atoms with E-state index in [-0.39, 0.29) is 11.8 Å². The predicted octanol–water partition coefficient (Wildman–Crippen LogP) is 3.80. The van der Waals surface area contributed by atoms with Crippen molar-refractivity contribution in [1.29, 1.82) is 0 Å². The van der Waals surface area contributed by atoms with Gasteiger partial charge < -0.3 is 19.4 Å². The fourth-order valence-corrected chi connectivity index (χ4v) is 5.35.